The van der Waals surface area contributed by atoms with Crippen molar-refractivity contribution < 1.29 is 23.5 Å². The zero-order valence-corrected chi connectivity index (χ0v) is 22.9. The summed E-state index contributed by atoms with van der Waals surface area (Å²) < 4.78 is 11.7. The highest BCUT2D eigenvalue weighted by Gasteiger charge is 2.19. The van der Waals surface area contributed by atoms with Crippen LogP contribution in [0, 0.1) is 0 Å². The highest BCUT2D eigenvalue weighted by Crippen LogP contribution is 2.37. The van der Waals surface area contributed by atoms with Crippen molar-refractivity contribution in [2.24, 2.45) is 0 Å². The largest absolute Gasteiger partial charge is 0.481 e. The van der Waals surface area contributed by atoms with Gasteiger partial charge in [-0.3, -0.25) is 9.59 Å². The molecule has 0 aliphatic rings. The van der Waals surface area contributed by atoms with Gasteiger partial charge in [-0.2, -0.15) is 0 Å². The highest BCUT2D eigenvalue weighted by atomic mass is 16.4. The molecular weight excluding hydrogens is 526 g/mol. The summed E-state index contributed by atoms with van der Waals surface area (Å²) in [5.74, 6) is 0.330. The summed E-state index contributed by atoms with van der Waals surface area (Å²) in [5, 5.41) is 10.2. The maximum absolute atomic E-state index is 13.3. The Bertz CT molecular complexity index is 1800. The average molecular weight is 556 g/mol. The minimum atomic E-state index is -0.957. The van der Waals surface area contributed by atoms with Gasteiger partial charge in [-0.25, -0.2) is 0 Å². The molecule has 2 aromatic heterocycles. The van der Waals surface area contributed by atoms with Gasteiger partial charge in [0.05, 0.1) is 19.2 Å². The Kier molecular flexibility index (Phi) is 7.68. The summed E-state index contributed by atoms with van der Waals surface area (Å²) in [7, 11) is 0. The molecule has 0 radical (unpaired) electrons. The smallest absolute Gasteiger partial charge is 0.305 e. The maximum atomic E-state index is 13.3. The minimum Gasteiger partial charge on any atom is -0.481 e. The fourth-order valence-corrected chi connectivity index (χ4v) is 5.21. The Labute approximate surface area is 243 Å². The third kappa shape index (κ3) is 5.88. The second-order valence-corrected chi connectivity index (χ2v) is 10.2. The number of para-hydroxylation sites is 1. The normalized spacial score (nSPS) is 11.0. The fraction of sp³-hybridized carbons (Fsp3) is 0.111. The van der Waals surface area contributed by atoms with Gasteiger partial charge in [-0.15, -0.1) is 0 Å². The lowest BCUT2D eigenvalue weighted by Crippen LogP contribution is -2.32. The molecule has 6 aromatic rings. The van der Waals surface area contributed by atoms with Gasteiger partial charge >= 0.3 is 5.97 Å². The molecule has 0 unspecified atom stereocenters. The molecule has 0 fully saturated rings. The molecule has 6 heteroatoms. The molecule has 1 N–H and O–H groups in total. The number of nitrogens with zero attached hydrogens (tertiary/aromatic N) is 1. The Balaban J connectivity index is 1.24. The van der Waals surface area contributed by atoms with E-state index >= 15 is 0 Å². The first-order chi connectivity index (χ1) is 20.5. The molecule has 1 amide bonds. The average Bonchev–Trinajstić information content (AvgIpc) is 3.67. The van der Waals surface area contributed by atoms with Crippen LogP contribution >= 0.6 is 0 Å². The number of carbonyl (C=O) groups is 2. The summed E-state index contributed by atoms with van der Waals surface area (Å²) in [6.07, 6.45) is 2.09. The van der Waals surface area contributed by atoms with E-state index in [4.69, 9.17) is 13.9 Å². The first-order valence-electron chi connectivity index (χ1n) is 13.8. The Morgan fingerprint density at radius 3 is 2.07 bits per heavy atom. The molecule has 42 heavy (non-hydrogen) atoms. The number of amides is 1. The molecule has 6 rings (SSSR count). The van der Waals surface area contributed by atoms with Crippen molar-refractivity contribution in [2.75, 3.05) is 6.54 Å². The van der Waals surface area contributed by atoms with Gasteiger partial charge in [0, 0.05) is 29.5 Å². The number of benzene rings is 4. The summed E-state index contributed by atoms with van der Waals surface area (Å²) in [4.78, 5) is 25.9. The van der Waals surface area contributed by atoms with Crippen molar-refractivity contribution in [1.29, 1.82) is 0 Å². The van der Waals surface area contributed by atoms with E-state index in [0.717, 1.165) is 39.0 Å². The van der Waals surface area contributed by atoms with Crippen molar-refractivity contribution in [3.05, 3.63) is 144 Å². The molecule has 0 spiro atoms. The van der Waals surface area contributed by atoms with Gasteiger partial charge < -0.3 is 18.8 Å². The van der Waals surface area contributed by atoms with Crippen molar-refractivity contribution in [3.8, 4) is 22.3 Å². The number of fused-ring (bicyclic) bond motifs is 1. The van der Waals surface area contributed by atoms with Crippen LogP contribution in [-0.2, 0) is 17.8 Å². The second kappa shape index (κ2) is 12.0. The summed E-state index contributed by atoms with van der Waals surface area (Å²) in [6, 6.07) is 37.7. The molecule has 0 atom stereocenters. The van der Waals surface area contributed by atoms with Crippen LogP contribution in [0.15, 0.2) is 130 Å². The molecule has 208 valence electrons. The van der Waals surface area contributed by atoms with Gasteiger partial charge in [0.25, 0.3) is 5.91 Å². The molecule has 0 saturated heterocycles. The molecular formula is C36H29NO5. The van der Waals surface area contributed by atoms with Crippen LogP contribution in [0.5, 0.6) is 0 Å². The number of carboxylic acids is 1. The standard InChI is InChI=1S/C36H29NO5/c38-34(39)20-21-37(24-30-9-6-22-41-30)36(40)29-18-14-27(15-19-29)26-12-16-28(17-13-26)35-31-10-4-5-11-32(31)42-33(35)23-25-7-2-1-3-8-25/h1-19,22H,20-21,23-24H2,(H,38,39). The Hall–Kier alpha value is -5.36. The number of carbonyl (C=O) groups excluding carboxylic acids is 1. The number of furan rings is 2. The Morgan fingerprint density at radius 1 is 0.714 bits per heavy atom. The zero-order chi connectivity index (χ0) is 28.9. The van der Waals surface area contributed by atoms with E-state index < -0.39 is 5.97 Å². The van der Waals surface area contributed by atoms with Crippen LogP contribution in [0.2, 0.25) is 0 Å². The molecule has 2 heterocycles. The van der Waals surface area contributed by atoms with E-state index in [0.29, 0.717) is 17.7 Å². The molecule has 0 aliphatic heterocycles. The SMILES string of the molecule is O=C(O)CCN(Cc1ccco1)C(=O)c1ccc(-c2ccc(-c3c(Cc4ccccc4)oc4ccccc34)cc2)cc1. The van der Waals surface area contributed by atoms with E-state index in [1.54, 1.807) is 24.3 Å². The first kappa shape index (κ1) is 26.8. The lowest BCUT2D eigenvalue weighted by molar-refractivity contribution is -0.137. The van der Waals surface area contributed by atoms with Crippen LogP contribution in [0.4, 0.5) is 0 Å². The molecule has 0 bridgehead atoms. The predicted molar refractivity (Wildman–Crippen MR) is 162 cm³/mol. The highest BCUT2D eigenvalue weighted by molar-refractivity contribution is 5.97. The maximum Gasteiger partial charge on any atom is 0.305 e. The van der Waals surface area contributed by atoms with Crippen molar-refractivity contribution in [3.63, 3.8) is 0 Å². The van der Waals surface area contributed by atoms with E-state index in [1.807, 2.05) is 48.5 Å². The lowest BCUT2D eigenvalue weighted by Gasteiger charge is -2.21. The van der Waals surface area contributed by atoms with Crippen LogP contribution < -0.4 is 0 Å². The molecule has 0 aliphatic carbocycles. The first-order valence-corrected chi connectivity index (χ1v) is 13.8. The zero-order valence-electron chi connectivity index (χ0n) is 22.9. The lowest BCUT2D eigenvalue weighted by atomic mass is 9.96. The quantitative estimate of drug-likeness (QED) is 0.185. The van der Waals surface area contributed by atoms with E-state index in [1.165, 1.54) is 16.7 Å². The predicted octanol–water partition coefficient (Wildman–Crippen LogP) is 8.07. The third-order valence-corrected chi connectivity index (χ3v) is 7.32. The van der Waals surface area contributed by atoms with Crippen molar-refractivity contribution in [2.45, 2.75) is 19.4 Å². The van der Waals surface area contributed by atoms with Gasteiger partial charge in [0.1, 0.15) is 17.1 Å². The van der Waals surface area contributed by atoms with Crippen molar-refractivity contribution >= 4 is 22.8 Å². The van der Waals surface area contributed by atoms with E-state index in [-0.39, 0.29) is 25.4 Å². The van der Waals surface area contributed by atoms with Crippen LogP contribution in [-0.4, -0.2) is 28.4 Å². The van der Waals surface area contributed by atoms with E-state index in [2.05, 4.69) is 42.5 Å². The van der Waals surface area contributed by atoms with Crippen LogP contribution in [0.25, 0.3) is 33.2 Å². The number of aliphatic carboxylic acids is 1. The number of rotatable bonds is 10. The molecule has 4 aromatic carbocycles. The summed E-state index contributed by atoms with van der Waals surface area (Å²) in [6.45, 7) is 0.296. The number of hydrogen-bond donors (Lipinski definition) is 1. The van der Waals surface area contributed by atoms with Gasteiger partial charge in [0.15, 0.2) is 0 Å². The summed E-state index contributed by atoms with van der Waals surface area (Å²) in [5.41, 5.74) is 6.72. The fourth-order valence-electron chi connectivity index (χ4n) is 5.21. The van der Waals surface area contributed by atoms with Gasteiger partial charge in [-0.1, -0.05) is 84.9 Å². The third-order valence-electron chi connectivity index (χ3n) is 7.32. The second-order valence-electron chi connectivity index (χ2n) is 10.2. The van der Waals surface area contributed by atoms with Gasteiger partial charge in [-0.05, 0) is 52.6 Å². The number of carboxylic acid groups (broad SMARTS) is 1. The molecule has 6 nitrogen and oxygen atoms in total. The minimum absolute atomic E-state index is 0.0903. The Morgan fingerprint density at radius 2 is 1.38 bits per heavy atom. The van der Waals surface area contributed by atoms with Crippen molar-refractivity contribution in [1.82, 2.24) is 4.90 Å². The topological polar surface area (TPSA) is 83.9 Å². The van der Waals surface area contributed by atoms with E-state index in [9.17, 15) is 9.59 Å². The summed E-state index contributed by atoms with van der Waals surface area (Å²) >= 11 is 0. The molecule has 0 saturated carbocycles. The van der Waals surface area contributed by atoms with Crippen LogP contribution in [0.1, 0.15) is 33.9 Å². The van der Waals surface area contributed by atoms with Crippen LogP contribution in [0.3, 0.4) is 0 Å². The van der Waals surface area contributed by atoms with Gasteiger partial charge in [0.2, 0.25) is 0 Å². The monoisotopic (exact) mass is 555 g/mol. The number of hydrogen-bond acceptors (Lipinski definition) is 4.